The Bertz CT molecular complexity index is 235. The lowest BCUT2D eigenvalue weighted by molar-refractivity contribution is -0.152. The van der Waals surface area contributed by atoms with Gasteiger partial charge in [-0.05, 0) is 51.7 Å². The smallest absolute Gasteiger partial charge is 0.309 e. The molecule has 1 rings (SSSR count). The summed E-state index contributed by atoms with van der Waals surface area (Å²) in [5, 5.41) is 18.1. The van der Waals surface area contributed by atoms with Crippen LogP contribution in [0.1, 0.15) is 45.4 Å². The quantitative estimate of drug-likeness (QED) is 0.668. The second-order valence-electron chi connectivity index (χ2n) is 5.11. The molecule has 100 valence electrons. The first kappa shape index (κ1) is 14.5. The summed E-state index contributed by atoms with van der Waals surface area (Å²) in [4.78, 5) is 13.7. The Morgan fingerprint density at radius 3 is 2.41 bits per heavy atom. The molecule has 0 atom stereocenters. The van der Waals surface area contributed by atoms with Crippen LogP contribution in [0.3, 0.4) is 0 Å². The van der Waals surface area contributed by atoms with Crippen LogP contribution in [0.2, 0.25) is 0 Å². The number of aliphatic hydroxyl groups excluding tert-OH is 1. The molecule has 0 amide bonds. The van der Waals surface area contributed by atoms with Crippen molar-refractivity contribution in [2.45, 2.75) is 45.4 Å². The zero-order chi connectivity index (χ0) is 12.7. The van der Waals surface area contributed by atoms with Crippen molar-refractivity contribution >= 4 is 5.97 Å². The van der Waals surface area contributed by atoms with Crippen molar-refractivity contribution in [1.29, 1.82) is 0 Å². The van der Waals surface area contributed by atoms with Crippen molar-refractivity contribution in [3.8, 4) is 0 Å². The van der Waals surface area contributed by atoms with Crippen LogP contribution in [0.5, 0.6) is 0 Å². The average Bonchev–Trinajstić information content (AvgIpc) is 2.32. The zero-order valence-electron chi connectivity index (χ0n) is 10.8. The molecule has 0 spiro atoms. The molecule has 0 aromatic carbocycles. The molecule has 0 saturated carbocycles. The van der Waals surface area contributed by atoms with E-state index in [4.69, 9.17) is 5.11 Å². The fourth-order valence-corrected chi connectivity index (χ4v) is 2.70. The molecule has 0 bridgehead atoms. The first-order valence-electron chi connectivity index (χ1n) is 6.71. The lowest BCUT2D eigenvalue weighted by Gasteiger charge is -2.38. The molecule has 1 fully saturated rings. The Morgan fingerprint density at radius 1 is 1.29 bits per heavy atom. The minimum Gasteiger partial charge on any atom is -0.481 e. The number of rotatable bonds is 7. The van der Waals surface area contributed by atoms with Gasteiger partial charge in [0.05, 0.1) is 5.41 Å². The predicted molar refractivity (Wildman–Crippen MR) is 67.0 cm³/mol. The molecule has 1 aliphatic heterocycles. The van der Waals surface area contributed by atoms with E-state index in [1.807, 2.05) is 0 Å². The van der Waals surface area contributed by atoms with Crippen LogP contribution >= 0.6 is 0 Å². The molecule has 0 unspecified atom stereocenters. The molecule has 1 saturated heterocycles. The maximum absolute atomic E-state index is 11.4. The van der Waals surface area contributed by atoms with Gasteiger partial charge in [0.2, 0.25) is 0 Å². The van der Waals surface area contributed by atoms with Crippen LogP contribution in [0.25, 0.3) is 0 Å². The lowest BCUT2D eigenvalue weighted by atomic mass is 9.75. The number of hydrogen-bond donors (Lipinski definition) is 2. The normalized spacial score (nSPS) is 20.4. The Kier molecular flexibility index (Phi) is 5.92. The van der Waals surface area contributed by atoms with E-state index in [-0.39, 0.29) is 6.61 Å². The number of likely N-dealkylation sites (tertiary alicyclic amines) is 1. The maximum Gasteiger partial charge on any atom is 0.309 e. The van der Waals surface area contributed by atoms with Gasteiger partial charge in [0, 0.05) is 6.61 Å². The summed E-state index contributed by atoms with van der Waals surface area (Å²) in [6.07, 6.45) is 5.13. The Morgan fingerprint density at radius 2 is 1.94 bits per heavy atom. The lowest BCUT2D eigenvalue weighted by Crippen LogP contribution is -2.44. The number of piperidine rings is 1. The van der Waals surface area contributed by atoms with E-state index < -0.39 is 11.4 Å². The third kappa shape index (κ3) is 3.96. The van der Waals surface area contributed by atoms with Crippen molar-refractivity contribution < 1.29 is 15.0 Å². The number of carboxylic acids is 1. The monoisotopic (exact) mass is 243 g/mol. The summed E-state index contributed by atoms with van der Waals surface area (Å²) < 4.78 is 0. The van der Waals surface area contributed by atoms with Crippen molar-refractivity contribution in [2.75, 3.05) is 26.2 Å². The zero-order valence-corrected chi connectivity index (χ0v) is 10.8. The Labute approximate surface area is 104 Å². The van der Waals surface area contributed by atoms with Crippen LogP contribution < -0.4 is 0 Å². The van der Waals surface area contributed by atoms with E-state index in [2.05, 4.69) is 11.8 Å². The van der Waals surface area contributed by atoms with E-state index in [1.165, 1.54) is 0 Å². The molecule has 4 nitrogen and oxygen atoms in total. The summed E-state index contributed by atoms with van der Waals surface area (Å²) in [6.45, 7) is 5.07. The van der Waals surface area contributed by atoms with Crippen LogP contribution in [0, 0.1) is 5.41 Å². The van der Waals surface area contributed by atoms with Gasteiger partial charge in [-0.3, -0.25) is 4.79 Å². The summed E-state index contributed by atoms with van der Waals surface area (Å²) >= 11 is 0. The number of nitrogens with zero attached hydrogens (tertiary/aromatic N) is 1. The highest BCUT2D eigenvalue weighted by atomic mass is 16.4. The van der Waals surface area contributed by atoms with E-state index in [1.54, 1.807) is 0 Å². The van der Waals surface area contributed by atoms with E-state index in [0.29, 0.717) is 0 Å². The topological polar surface area (TPSA) is 60.8 Å². The van der Waals surface area contributed by atoms with Crippen LogP contribution in [0.15, 0.2) is 0 Å². The maximum atomic E-state index is 11.4. The number of unbranched alkanes of at least 4 members (excludes halogenated alkanes) is 1. The molecule has 17 heavy (non-hydrogen) atoms. The van der Waals surface area contributed by atoms with Gasteiger partial charge in [-0.25, -0.2) is 0 Å². The first-order valence-corrected chi connectivity index (χ1v) is 6.71. The molecule has 0 aliphatic carbocycles. The summed E-state index contributed by atoms with van der Waals surface area (Å²) in [5.41, 5.74) is -0.470. The predicted octanol–water partition coefficient (Wildman–Crippen LogP) is 1.73. The minimum atomic E-state index is -0.616. The Hall–Kier alpha value is -0.610. The molecule has 1 aliphatic rings. The number of aliphatic hydroxyl groups is 1. The summed E-state index contributed by atoms with van der Waals surface area (Å²) in [6, 6.07) is 0. The van der Waals surface area contributed by atoms with E-state index >= 15 is 0 Å². The highest BCUT2D eigenvalue weighted by molar-refractivity contribution is 5.74. The third-order valence-electron chi connectivity index (χ3n) is 3.88. The molecular weight excluding hydrogens is 218 g/mol. The summed E-state index contributed by atoms with van der Waals surface area (Å²) in [7, 11) is 0. The minimum absolute atomic E-state index is 0.253. The largest absolute Gasteiger partial charge is 0.481 e. The van der Waals surface area contributed by atoms with Crippen LogP contribution in [0.4, 0.5) is 0 Å². The van der Waals surface area contributed by atoms with Crippen molar-refractivity contribution in [3.63, 3.8) is 0 Å². The van der Waals surface area contributed by atoms with Gasteiger partial charge >= 0.3 is 5.97 Å². The summed E-state index contributed by atoms with van der Waals surface area (Å²) in [5.74, 6) is -0.616. The van der Waals surface area contributed by atoms with E-state index in [9.17, 15) is 9.90 Å². The van der Waals surface area contributed by atoms with Gasteiger partial charge in [-0.15, -0.1) is 0 Å². The van der Waals surface area contributed by atoms with Gasteiger partial charge in [0.1, 0.15) is 0 Å². The second kappa shape index (κ2) is 6.97. The van der Waals surface area contributed by atoms with Gasteiger partial charge in [0.25, 0.3) is 0 Å². The molecule has 1 heterocycles. The second-order valence-corrected chi connectivity index (χ2v) is 5.11. The molecule has 0 aromatic heterocycles. The number of carboxylic acid groups (broad SMARTS) is 1. The average molecular weight is 243 g/mol. The fraction of sp³-hybridized carbons (Fsp3) is 0.923. The van der Waals surface area contributed by atoms with Crippen LogP contribution in [-0.2, 0) is 4.79 Å². The van der Waals surface area contributed by atoms with Gasteiger partial charge in [0.15, 0.2) is 0 Å². The Balaban J connectivity index is 2.39. The van der Waals surface area contributed by atoms with Crippen molar-refractivity contribution in [3.05, 3.63) is 0 Å². The first-order chi connectivity index (χ1) is 8.14. The highest BCUT2D eigenvalue weighted by Crippen LogP contribution is 2.36. The molecule has 0 radical (unpaired) electrons. The van der Waals surface area contributed by atoms with Gasteiger partial charge < -0.3 is 15.1 Å². The van der Waals surface area contributed by atoms with Gasteiger partial charge in [-0.1, -0.05) is 13.3 Å². The third-order valence-corrected chi connectivity index (χ3v) is 3.88. The molecule has 0 aromatic rings. The van der Waals surface area contributed by atoms with Crippen molar-refractivity contribution in [2.24, 2.45) is 5.41 Å². The number of carbonyl (C=O) groups is 1. The highest BCUT2D eigenvalue weighted by Gasteiger charge is 2.40. The number of aliphatic carboxylic acids is 1. The van der Waals surface area contributed by atoms with Crippen LogP contribution in [-0.4, -0.2) is 47.3 Å². The standard InChI is InChI=1S/C13H25NO3/c1-2-5-13(12(16)17)6-9-14(10-7-13)8-3-4-11-15/h15H,2-11H2,1H3,(H,16,17). The number of hydrogen-bond acceptors (Lipinski definition) is 3. The van der Waals surface area contributed by atoms with Crippen molar-refractivity contribution in [1.82, 2.24) is 4.90 Å². The molecular formula is C13H25NO3. The SMILES string of the molecule is CCCC1(C(=O)O)CCN(CCCCO)CC1. The molecule has 2 N–H and O–H groups in total. The molecule has 4 heteroatoms. The fourth-order valence-electron chi connectivity index (χ4n) is 2.70. The van der Waals surface area contributed by atoms with Gasteiger partial charge in [-0.2, -0.15) is 0 Å². The van der Waals surface area contributed by atoms with E-state index in [0.717, 1.165) is 58.2 Å².